The van der Waals surface area contributed by atoms with Gasteiger partial charge in [-0.05, 0) is 38.2 Å². The molecule has 0 aromatic carbocycles. The van der Waals surface area contributed by atoms with Crippen LogP contribution in [-0.2, 0) is 0 Å². The Labute approximate surface area is 120 Å². The van der Waals surface area contributed by atoms with E-state index in [0.717, 1.165) is 12.2 Å². The van der Waals surface area contributed by atoms with Gasteiger partial charge in [0.05, 0.1) is 11.4 Å². The molecule has 0 radical (unpaired) electrons. The second-order valence-electron chi connectivity index (χ2n) is 6.30. The largest absolute Gasteiger partial charge is 0.478 e. The van der Waals surface area contributed by atoms with E-state index in [0.29, 0.717) is 16.9 Å². The van der Waals surface area contributed by atoms with Crippen molar-refractivity contribution in [3.8, 4) is 0 Å². The van der Waals surface area contributed by atoms with Gasteiger partial charge in [0, 0.05) is 12.2 Å². The summed E-state index contributed by atoms with van der Waals surface area (Å²) in [6.45, 7) is 6.77. The number of aromatic nitrogens is 1. The van der Waals surface area contributed by atoms with E-state index in [4.69, 9.17) is 0 Å². The molecule has 1 aliphatic rings. The molecule has 1 aromatic rings. The Hall–Kier alpha value is -1.58. The first-order valence-corrected chi connectivity index (χ1v) is 7.37. The minimum Gasteiger partial charge on any atom is -0.478 e. The number of anilines is 1. The van der Waals surface area contributed by atoms with Crippen molar-refractivity contribution in [3.05, 3.63) is 23.0 Å². The van der Waals surface area contributed by atoms with Crippen molar-refractivity contribution < 1.29 is 9.90 Å². The predicted octanol–water partition coefficient (Wildman–Crippen LogP) is 3.78. The summed E-state index contributed by atoms with van der Waals surface area (Å²) in [6.07, 6.45) is 6.30. The van der Waals surface area contributed by atoms with Crippen LogP contribution < -0.4 is 5.32 Å². The van der Waals surface area contributed by atoms with E-state index < -0.39 is 5.97 Å². The Kier molecular flexibility index (Phi) is 4.31. The van der Waals surface area contributed by atoms with E-state index in [9.17, 15) is 9.90 Å². The van der Waals surface area contributed by atoms with Gasteiger partial charge in [-0.25, -0.2) is 4.79 Å². The number of nitrogens with one attached hydrogen (secondary N) is 1. The highest BCUT2D eigenvalue weighted by Crippen LogP contribution is 2.36. The van der Waals surface area contributed by atoms with Gasteiger partial charge in [0.1, 0.15) is 5.56 Å². The van der Waals surface area contributed by atoms with Crippen molar-refractivity contribution in [2.75, 3.05) is 11.9 Å². The smallest absolute Gasteiger partial charge is 0.339 e. The molecule has 1 heterocycles. The molecular weight excluding hydrogens is 252 g/mol. The summed E-state index contributed by atoms with van der Waals surface area (Å²) in [4.78, 5) is 15.7. The molecule has 1 saturated carbocycles. The Morgan fingerprint density at radius 1 is 1.35 bits per heavy atom. The first kappa shape index (κ1) is 14.8. The quantitative estimate of drug-likeness (QED) is 0.878. The standard InChI is InChI=1S/C16H24N2O2/c1-11-9-13(14(15(19)20)12(2)18-11)17-10-16(3)7-5-4-6-8-16/h9H,4-8,10H2,1-3H3,(H,17,18)(H,19,20). The third-order valence-electron chi connectivity index (χ3n) is 4.31. The van der Waals surface area contributed by atoms with Crippen LogP contribution in [-0.4, -0.2) is 22.6 Å². The molecular formula is C16H24N2O2. The van der Waals surface area contributed by atoms with Gasteiger partial charge < -0.3 is 10.4 Å². The van der Waals surface area contributed by atoms with Crippen molar-refractivity contribution in [2.45, 2.75) is 52.9 Å². The molecule has 4 heteroatoms. The average molecular weight is 276 g/mol. The van der Waals surface area contributed by atoms with E-state index >= 15 is 0 Å². The monoisotopic (exact) mass is 276 g/mol. The van der Waals surface area contributed by atoms with Gasteiger partial charge in [0.15, 0.2) is 0 Å². The normalized spacial score (nSPS) is 17.8. The maximum absolute atomic E-state index is 11.4. The van der Waals surface area contributed by atoms with Crippen LogP contribution in [0.3, 0.4) is 0 Å². The van der Waals surface area contributed by atoms with Crippen LogP contribution in [0.5, 0.6) is 0 Å². The number of nitrogens with zero attached hydrogens (tertiary/aromatic N) is 1. The number of hydrogen-bond donors (Lipinski definition) is 2. The summed E-state index contributed by atoms with van der Waals surface area (Å²) in [6, 6.07) is 1.84. The van der Waals surface area contributed by atoms with Crippen LogP contribution in [0.4, 0.5) is 5.69 Å². The first-order valence-electron chi connectivity index (χ1n) is 7.37. The fourth-order valence-corrected chi connectivity index (χ4v) is 3.13. The maximum atomic E-state index is 11.4. The number of aryl methyl sites for hydroxylation is 2. The Bertz CT molecular complexity index is 505. The lowest BCUT2D eigenvalue weighted by Crippen LogP contribution is -2.29. The number of hydrogen-bond acceptors (Lipinski definition) is 3. The van der Waals surface area contributed by atoms with Crippen molar-refractivity contribution in [2.24, 2.45) is 5.41 Å². The average Bonchev–Trinajstić information content (AvgIpc) is 2.36. The van der Waals surface area contributed by atoms with Gasteiger partial charge in [-0.15, -0.1) is 0 Å². The highest BCUT2D eigenvalue weighted by Gasteiger charge is 2.27. The number of rotatable bonds is 4. The fourth-order valence-electron chi connectivity index (χ4n) is 3.13. The minimum atomic E-state index is -0.911. The van der Waals surface area contributed by atoms with Gasteiger partial charge in [-0.1, -0.05) is 26.2 Å². The summed E-state index contributed by atoms with van der Waals surface area (Å²) in [5.41, 5.74) is 2.71. The summed E-state index contributed by atoms with van der Waals surface area (Å²) >= 11 is 0. The highest BCUT2D eigenvalue weighted by atomic mass is 16.4. The molecule has 2 N–H and O–H groups in total. The van der Waals surface area contributed by atoms with Gasteiger partial charge in [0.25, 0.3) is 0 Å². The van der Waals surface area contributed by atoms with Crippen LogP contribution in [0.1, 0.15) is 60.8 Å². The number of pyridine rings is 1. The third kappa shape index (κ3) is 3.30. The Morgan fingerprint density at radius 3 is 2.60 bits per heavy atom. The van der Waals surface area contributed by atoms with E-state index in [1.165, 1.54) is 32.1 Å². The Morgan fingerprint density at radius 2 is 2.00 bits per heavy atom. The fraction of sp³-hybridized carbons (Fsp3) is 0.625. The molecule has 110 valence electrons. The zero-order chi connectivity index (χ0) is 14.8. The van der Waals surface area contributed by atoms with Gasteiger partial charge in [0.2, 0.25) is 0 Å². The minimum absolute atomic E-state index is 0.277. The second kappa shape index (κ2) is 5.81. The topological polar surface area (TPSA) is 62.2 Å². The van der Waals surface area contributed by atoms with Crippen molar-refractivity contribution in [1.29, 1.82) is 0 Å². The predicted molar refractivity (Wildman–Crippen MR) is 80.4 cm³/mol. The van der Waals surface area contributed by atoms with Gasteiger partial charge in [-0.3, -0.25) is 4.98 Å². The lowest BCUT2D eigenvalue weighted by molar-refractivity contribution is 0.0696. The second-order valence-corrected chi connectivity index (χ2v) is 6.30. The van der Waals surface area contributed by atoms with Crippen molar-refractivity contribution >= 4 is 11.7 Å². The molecule has 1 fully saturated rings. The highest BCUT2D eigenvalue weighted by molar-refractivity contribution is 5.95. The molecule has 0 spiro atoms. The van der Waals surface area contributed by atoms with Crippen LogP contribution in [0.2, 0.25) is 0 Å². The molecule has 1 aromatic heterocycles. The summed E-state index contributed by atoms with van der Waals surface area (Å²) in [5, 5.41) is 12.7. The number of carboxylic acids is 1. The summed E-state index contributed by atoms with van der Waals surface area (Å²) in [7, 11) is 0. The van der Waals surface area contributed by atoms with Gasteiger partial charge in [-0.2, -0.15) is 0 Å². The SMILES string of the molecule is Cc1cc(NCC2(C)CCCCC2)c(C(=O)O)c(C)n1. The maximum Gasteiger partial charge on any atom is 0.339 e. The molecule has 2 rings (SSSR count). The van der Waals surface area contributed by atoms with E-state index in [1.807, 2.05) is 13.0 Å². The zero-order valence-corrected chi connectivity index (χ0v) is 12.6. The van der Waals surface area contributed by atoms with E-state index in [2.05, 4.69) is 17.2 Å². The molecule has 0 saturated heterocycles. The van der Waals surface area contributed by atoms with E-state index in [1.54, 1.807) is 6.92 Å². The van der Waals surface area contributed by atoms with Crippen LogP contribution in [0, 0.1) is 19.3 Å². The van der Waals surface area contributed by atoms with Crippen LogP contribution >= 0.6 is 0 Å². The van der Waals surface area contributed by atoms with Gasteiger partial charge >= 0.3 is 5.97 Å². The summed E-state index contributed by atoms with van der Waals surface area (Å²) in [5.74, 6) is -0.911. The molecule has 0 atom stereocenters. The van der Waals surface area contributed by atoms with Crippen LogP contribution in [0.15, 0.2) is 6.07 Å². The molecule has 20 heavy (non-hydrogen) atoms. The molecule has 0 bridgehead atoms. The number of aromatic carboxylic acids is 1. The van der Waals surface area contributed by atoms with E-state index in [-0.39, 0.29) is 5.41 Å². The number of carbonyl (C=O) groups is 1. The molecule has 4 nitrogen and oxygen atoms in total. The molecule has 1 aliphatic carbocycles. The van der Waals surface area contributed by atoms with Crippen LogP contribution in [0.25, 0.3) is 0 Å². The van der Waals surface area contributed by atoms with Crippen molar-refractivity contribution in [1.82, 2.24) is 4.98 Å². The number of carboxylic acid groups (broad SMARTS) is 1. The third-order valence-corrected chi connectivity index (χ3v) is 4.31. The van der Waals surface area contributed by atoms with Crippen molar-refractivity contribution in [3.63, 3.8) is 0 Å². The zero-order valence-electron chi connectivity index (χ0n) is 12.6. The molecule has 0 aliphatic heterocycles. The Balaban J connectivity index is 2.18. The first-order chi connectivity index (χ1) is 9.41. The lowest BCUT2D eigenvalue weighted by Gasteiger charge is -2.34. The molecule has 0 unspecified atom stereocenters. The molecule has 0 amide bonds. The lowest BCUT2D eigenvalue weighted by atomic mass is 9.75. The summed E-state index contributed by atoms with van der Waals surface area (Å²) < 4.78 is 0.